The zero-order valence-corrected chi connectivity index (χ0v) is 16.8. The average molecular weight is 450 g/mol. The van der Waals surface area contributed by atoms with Crippen molar-refractivity contribution >= 4 is 39.4 Å². The van der Waals surface area contributed by atoms with Crippen LogP contribution >= 0.6 is 0 Å². The maximum Gasteiger partial charge on any atom is 0.287 e. The van der Waals surface area contributed by atoms with Crippen LogP contribution in [0.15, 0.2) is 47.4 Å². The number of aromatic nitrogens is 3. The highest BCUT2D eigenvalue weighted by Gasteiger charge is 2.23. The quantitative estimate of drug-likeness (QED) is 0.515. The summed E-state index contributed by atoms with van der Waals surface area (Å²) in [5.74, 6) is -4.55. The molecule has 3 rings (SSSR count). The molecule has 0 atom stereocenters. The first-order valence-electron chi connectivity index (χ1n) is 8.76. The molecular formula is C18H16F2N6O4S. The van der Waals surface area contributed by atoms with E-state index in [1.807, 2.05) is 4.72 Å². The van der Waals surface area contributed by atoms with Gasteiger partial charge in [0.15, 0.2) is 0 Å². The number of rotatable bonds is 6. The fraction of sp³-hybridized carbons (Fsp3) is 0.111. The molecule has 0 radical (unpaired) electrons. The van der Waals surface area contributed by atoms with Gasteiger partial charge >= 0.3 is 0 Å². The Morgan fingerprint density at radius 1 is 1.10 bits per heavy atom. The molecule has 31 heavy (non-hydrogen) atoms. The second-order valence-corrected chi connectivity index (χ2v) is 7.82. The third kappa shape index (κ3) is 4.66. The zero-order valence-electron chi connectivity index (χ0n) is 16.0. The molecule has 2 aromatic carbocycles. The smallest absolute Gasteiger partial charge is 0.287 e. The lowest BCUT2D eigenvalue weighted by atomic mass is 10.2. The number of halogens is 2. The molecule has 0 aliphatic heterocycles. The van der Waals surface area contributed by atoms with E-state index in [1.165, 1.54) is 31.2 Å². The van der Waals surface area contributed by atoms with Gasteiger partial charge in [0.05, 0.1) is 4.90 Å². The summed E-state index contributed by atoms with van der Waals surface area (Å²) >= 11 is 0. The highest BCUT2D eigenvalue weighted by Crippen LogP contribution is 2.20. The summed E-state index contributed by atoms with van der Waals surface area (Å²) in [5, 5.41) is 6.48. The number of carbonyl (C=O) groups is 2. The Kier molecular flexibility index (Phi) is 5.97. The number of anilines is 3. The van der Waals surface area contributed by atoms with Crippen molar-refractivity contribution in [3.8, 4) is 0 Å². The Bertz CT molecular complexity index is 1240. The van der Waals surface area contributed by atoms with Crippen molar-refractivity contribution in [3.63, 3.8) is 0 Å². The highest BCUT2D eigenvalue weighted by molar-refractivity contribution is 7.90. The topological polar surface area (TPSA) is 149 Å². The maximum absolute atomic E-state index is 13.9. The van der Waals surface area contributed by atoms with Crippen LogP contribution in [-0.4, -0.2) is 35.0 Å². The van der Waals surface area contributed by atoms with Crippen LogP contribution in [0, 0.1) is 11.6 Å². The lowest BCUT2D eigenvalue weighted by molar-refractivity contribution is -0.119. The van der Waals surface area contributed by atoms with Crippen molar-refractivity contribution in [3.05, 3.63) is 59.7 Å². The monoisotopic (exact) mass is 450 g/mol. The van der Waals surface area contributed by atoms with Crippen molar-refractivity contribution in [1.29, 1.82) is 0 Å². The molecule has 1 amide bonds. The van der Waals surface area contributed by atoms with Crippen LogP contribution in [0.5, 0.6) is 0 Å². The van der Waals surface area contributed by atoms with E-state index in [9.17, 15) is 26.8 Å². The van der Waals surface area contributed by atoms with Crippen molar-refractivity contribution in [1.82, 2.24) is 19.5 Å². The van der Waals surface area contributed by atoms with E-state index in [0.717, 1.165) is 18.2 Å². The van der Waals surface area contributed by atoms with Crippen LogP contribution in [0.2, 0.25) is 0 Å². The molecule has 0 aliphatic carbocycles. The first-order valence-corrected chi connectivity index (χ1v) is 10.2. The molecule has 0 unspecified atom stereocenters. The maximum atomic E-state index is 13.9. The van der Waals surface area contributed by atoms with Gasteiger partial charge in [-0.25, -0.2) is 21.9 Å². The third-order valence-electron chi connectivity index (χ3n) is 3.99. The van der Waals surface area contributed by atoms with Gasteiger partial charge in [-0.15, -0.1) is 5.10 Å². The number of nitrogens with one attached hydrogen (secondary N) is 2. The average Bonchev–Trinajstić information content (AvgIpc) is 3.07. The van der Waals surface area contributed by atoms with E-state index in [-0.39, 0.29) is 17.3 Å². The third-order valence-corrected chi connectivity index (χ3v) is 5.38. The Labute approximate surface area is 175 Å². The number of nitrogens with two attached hydrogens (primary N) is 1. The van der Waals surface area contributed by atoms with Gasteiger partial charge < -0.3 is 11.1 Å². The van der Waals surface area contributed by atoms with Crippen LogP contribution in [0.1, 0.15) is 23.7 Å². The normalized spacial score (nSPS) is 11.2. The first kappa shape index (κ1) is 21.8. The number of nitrogen functional groups attached to an aromatic ring is 1. The molecule has 1 heterocycles. The SMILES string of the molecule is CCC(=O)NS(=O)(=O)c1ccc(Nc2nc(N)n(C(=O)c3c(F)cccc3F)n2)cc1. The van der Waals surface area contributed by atoms with E-state index in [4.69, 9.17) is 5.73 Å². The summed E-state index contributed by atoms with van der Waals surface area (Å²) in [6.45, 7) is 1.51. The molecule has 0 bridgehead atoms. The number of carbonyl (C=O) groups excluding carboxylic acids is 2. The standard InChI is InChI=1S/C18H16F2N6O4S/c1-2-14(27)25-31(29,30)11-8-6-10(7-9-11)22-18-23-17(21)26(24-18)16(28)15-12(19)4-3-5-13(15)20/h3-9H,2H2,1H3,(H,25,27)(H3,21,22,23,24). The number of hydrogen-bond donors (Lipinski definition) is 3. The van der Waals surface area contributed by atoms with Gasteiger partial charge in [0.1, 0.15) is 17.2 Å². The van der Waals surface area contributed by atoms with Crippen molar-refractivity contribution in [2.75, 3.05) is 11.1 Å². The summed E-state index contributed by atoms with van der Waals surface area (Å²) in [5.41, 5.74) is 5.12. The fourth-order valence-electron chi connectivity index (χ4n) is 2.46. The summed E-state index contributed by atoms with van der Waals surface area (Å²) in [6, 6.07) is 8.13. The lowest BCUT2D eigenvalue weighted by Gasteiger charge is -2.07. The van der Waals surface area contributed by atoms with Gasteiger partial charge in [-0.05, 0) is 36.4 Å². The van der Waals surface area contributed by atoms with Gasteiger partial charge in [-0.1, -0.05) is 13.0 Å². The minimum atomic E-state index is -4.01. The van der Waals surface area contributed by atoms with Gasteiger partial charge in [-0.2, -0.15) is 9.67 Å². The molecule has 10 nitrogen and oxygen atoms in total. The first-order chi connectivity index (χ1) is 14.6. The molecule has 0 aliphatic rings. The molecule has 162 valence electrons. The molecule has 0 fully saturated rings. The second-order valence-electron chi connectivity index (χ2n) is 6.14. The van der Waals surface area contributed by atoms with Crippen LogP contribution in [0.25, 0.3) is 0 Å². The minimum Gasteiger partial charge on any atom is -0.368 e. The Balaban J connectivity index is 1.81. The van der Waals surface area contributed by atoms with E-state index in [1.54, 1.807) is 0 Å². The largest absolute Gasteiger partial charge is 0.368 e. The molecule has 13 heteroatoms. The van der Waals surface area contributed by atoms with Gasteiger partial charge in [0.25, 0.3) is 15.9 Å². The van der Waals surface area contributed by atoms with Crippen LogP contribution in [0.4, 0.5) is 26.4 Å². The fourth-order valence-corrected chi connectivity index (χ4v) is 3.52. The zero-order chi connectivity index (χ0) is 22.8. The van der Waals surface area contributed by atoms with E-state index in [2.05, 4.69) is 15.4 Å². The molecule has 1 aromatic heterocycles. The van der Waals surface area contributed by atoms with Crippen molar-refractivity contribution < 1.29 is 26.8 Å². The number of amides is 1. The van der Waals surface area contributed by atoms with Crippen LogP contribution in [0.3, 0.4) is 0 Å². The molecular weight excluding hydrogens is 434 g/mol. The minimum absolute atomic E-state index is 0.00409. The number of benzene rings is 2. The summed E-state index contributed by atoms with van der Waals surface area (Å²) in [4.78, 5) is 27.4. The molecule has 4 N–H and O–H groups in total. The summed E-state index contributed by atoms with van der Waals surface area (Å²) in [6.07, 6.45) is 0.00409. The number of hydrogen-bond acceptors (Lipinski definition) is 8. The van der Waals surface area contributed by atoms with Crippen LogP contribution in [-0.2, 0) is 14.8 Å². The van der Waals surface area contributed by atoms with E-state index >= 15 is 0 Å². The molecule has 0 spiro atoms. The molecule has 0 saturated carbocycles. The predicted molar refractivity (Wildman–Crippen MR) is 106 cm³/mol. The Hall–Kier alpha value is -3.87. The summed E-state index contributed by atoms with van der Waals surface area (Å²) in [7, 11) is -4.01. The van der Waals surface area contributed by atoms with Crippen molar-refractivity contribution in [2.45, 2.75) is 18.2 Å². The van der Waals surface area contributed by atoms with Crippen molar-refractivity contribution in [2.24, 2.45) is 0 Å². The van der Waals surface area contributed by atoms with E-state index in [0.29, 0.717) is 10.4 Å². The second kappa shape index (κ2) is 8.47. The Morgan fingerprint density at radius 3 is 2.29 bits per heavy atom. The summed E-state index contributed by atoms with van der Waals surface area (Å²) < 4.78 is 54.3. The predicted octanol–water partition coefficient (Wildman–Crippen LogP) is 1.79. The molecule has 3 aromatic rings. The van der Waals surface area contributed by atoms with Gasteiger partial charge in [0.2, 0.25) is 17.8 Å². The molecule has 0 saturated heterocycles. The lowest BCUT2D eigenvalue weighted by Crippen LogP contribution is -2.29. The van der Waals surface area contributed by atoms with Gasteiger partial charge in [0, 0.05) is 12.1 Å². The van der Waals surface area contributed by atoms with Crippen LogP contribution < -0.4 is 15.8 Å². The van der Waals surface area contributed by atoms with Gasteiger partial charge in [-0.3, -0.25) is 9.59 Å². The van der Waals surface area contributed by atoms with E-state index < -0.39 is 45.0 Å². The number of sulfonamides is 1. The highest BCUT2D eigenvalue weighted by atomic mass is 32.2. The number of nitrogens with zero attached hydrogens (tertiary/aromatic N) is 3. The Morgan fingerprint density at radius 2 is 1.71 bits per heavy atom.